The molecule has 0 aromatic heterocycles. The highest BCUT2D eigenvalue weighted by molar-refractivity contribution is 5.78. The molecule has 1 amide bonds. The van der Waals surface area contributed by atoms with Crippen LogP contribution < -0.4 is 5.32 Å². The molecular weight excluding hydrogens is 236 g/mol. The molecule has 19 heavy (non-hydrogen) atoms. The van der Waals surface area contributed by atoms with E-state index in [9.17, 15) is 4.79 Å². The van der Waals surface area contributed by atoms with Crippen LogP contribution in [0.5, 0.6) is 0 Å². The lowest BCUT2D eigenvalue weighted by Crippen LogP contribution is -2.45. The Morgan fingerprint density at radius 3 is 2.58 bits per heavy atom. The van der Waals surface area contributed by atoms with E-state index in [1.54, 1.807) is 0 Å². The molecule has 1 heterocycles. The van der Waals surface area contributed by atoms with Gasteiger partial charge in [0.2, 0.25) is 5.91 Å². The normalized spacial score (nSPS) is 29.3. The molecular formula is C16H30N2O. The summed E-state index contributed by atoms with van der Waals surface area (Å²) in [6, 6.07) is 0.580. The Morgan fingerprint density at radius 1 is 1.21 bits per heavy atom. The topological polar surface area (TPSA) is 32.3 Å². The van der Waals surface area contributed by atoms with E-state index in [4.69, 9.17) is 0 Å². The summed E-state index contributed by atoms with van der Waals surface area (Å²) in [5, 5.41) is 3.10. The first-order valence-corrected chi connectivity index (χ1v) is 8.07. The third-order valence-corrected chi connectivity index (χ3v) is 4.73. The number of nitrogens with zero attached hydrogens (tertiary/aromatic N) is 1. The Hall–Kier alpha value is -0.570. The summed E-state index contributed by atoms with van der Waals surface area (Å²) in [5.41, 5.74) is 0. The van der Waals surface area contributed by atoms with Crippen LogP contribution in [-0.4, -0.2) is 36.5 Å². The summed E-state index contributed by atoms with van der Waals surface area (Å²) in [5.74, 6) is 2.45. The molecule has 2 aliphatic rings. The van der Waals surface area contributed by atoms with Gasteiger partial charge < -0.3 is 5.32 Å². The van der Waals surface area contributed by atoms with Gasteiger partial charge in [0.05, 0.1) is 6.54 Å². The van der Waals surface area contributed by atoms with Crippen molar-refractivity contribution in [3.63, 3.8) is 0 Å². The zero-order chi connectivity index (χ0) is 13.8. The van der Waals surface area contributed by atoms with Crippen LogP contribution in [0, 0.1) is 17.8 Å². The Bertz CT molecular complexity index is 299. The van der Waals surface area contributed by atoms with Gasteiger partial charge in [0.15, 0.2) is 0 Å². The van der Waals surface area contributed by atoms with Crippen LogP contribution in [-0.2, 0) is 4.79 Å². The number of carbonyl (C=O) groups is 1. The predicted octanol–water partition coefficient (Wildman–Crippen LogP) is 2.66. The van der Waals surface area contributed by atoms with Crippen LogP contribution in [0.1, 0.15) is 52.9 Å². The summed E-state index contributed by atoms with van der Waals surface area (Å²) in [7, 11) is 0. The maximum absolute atomic E-state index is 12.1. The summed E-state index contributed by atoms with van der Waals surface area (Å²) >= 11 is 0. The van der Waals surface area contributed by atoms with Crippen LogP contribution in [0.25, 0.3) is 0 Å². The molecule has 0 spiro atoms. The van der Waals surface area contributed by atoms with Gasteiger partial charge in [0.25, 0.3) is 0 Å². The molecule has 1 aliphatic carbocycles. The Balaban J connectivity index is 1.84. The highest BCUT2D eigenvalue weighted by Gasteiger charge is 2.28. The number of carbonyl (C=O) groups excluding carboxylic acids is 1. The molecule has 1 aliphatic heterocycles. The Morgan fingerprint density at radius 2 is 1.95 bits per heavy atom. The van der Waals surface area contributed by atoms with E-state index in [1.165, 1.54) is 32.1 Å². The van der Waals surface area contributed by atoms with Crippen molar-refractivity contribution in [3.8, 4) is 0 Å². The van der Waals surface area contributed by atoms with E-state index in [-0.39, 0.29) is 5.91 Å². The molecule has 2 unspecified atom stereocenters. The first kappa shape index (κ1) is 14.8. The minimum absolute atomic E-state index is 0.229. The summed E-state index contributed by atoms with van der Waals surface area (Å²) < 4.78 is 0. The van der Waals surface area contributed by atoms with E-state index in [1.807, 2.05) is 0 Å². The first-order valence-electron chi connectivity index (χ1n) is 8.07. The third-order valence-electron chi connectivity index (χ3n) is 4.73. The molecule has 110 valence electrons. The molecule has 0 aromatic carbocycles. The second-order valence-electron chi connectivity index (χ2n) is 7.00. The van der Waals surface area contributed by atoms with Crippen molar-refractivity contribution >= 4 is 5.91 Å². The predicted molar refractivity (Wildman–Crippen MR) is 78.9 cm³/mol. The van der Waals surface area contributed by atoms with Gasteiger partial charge in [-0.2, -0.15) is 0 Å². The van der Waals surface area contributed by atoms with Gasteiger partial charge >= 0.3 is 0 Å². The fraction of sp³-hybridized carbons (Fsp3) is 0.938. The lowest BCUT2D eigenvalue weighted by Gasteiger charge is -2.32. The van der Waals surface area contributed by atoms with Crippen LogP contribution in [0.4, 0.5) is 0 Å². The highest BCUT2D eigenvalue weighted by Crippen LogP contribution is 2.28. The Kier molecular flexibility index (Phi) is 5.26. The lowest BCUT2D eigenvalue weighted by atomic mass is 9.95. The minimum atomic E-state index is 0.229. The van der Waals surface area contributed by atoms with Crippen molar-refractivity contribution in [2.75, 3.05) is 19.6 Å². The number of nitrogens with one attached hydrogen (secondary N) is 1. The third kappa shape index (κ3) is 4.79. The largest absolute Gasteiger partial charge is 0.355 e. The number of hydrogen-bond donors (Lipinski definition) is 1. The smallest absolute Gasteiger partial charge is 0.234 e. The van der Waals surface area contributed by atoms with Crippen LogP contribution in [0.2, 0.25) is 0 Å². The van der Waals surface area contributed by atoms with Gasteiger partial charge in [-0.25, -0.2) is 0 Å². The summed E-state index contributed by atoms with van der Waals surface area (Å²) in [4.78, 5) is 14.5. The number of hydrogen-bond acceptors (Lipinski definition) is 2. The van der Waals surface area contributed by atoms with Crippen molar-refractivity contribution in [1.82, 2.24) is 10.2 Å². The second-order valence-corrected chi connectivity index (χ2v) is 7.00. The van der Waals surface area contributed by atoms with Crippen molar-refractivity contribution in [3.05, 3.63) is 0 Å². The van der Waals surface area contributed by atoms with Gasteiger partial charge in [0.1, 0.15) is 0 Å². The number of likely N-dealkylation sites (tertiary alicyclic amines) is 1. The van der Waals surface area contributed by atoms with Crippen LogP contribution >= 0.6 is 0 Å². The summed E-state index contributed by atoms with van der Waals surface area (Å²) in [6.45, 7) is 9.50. The molecule has 1 saturated carbocycles. The standard InChI is InChI=1S/C16H30N2O/c1-12(2)15-7-4-13(3)8-9-18(15)11-16(19)17-10-14-5-6-14/h12-15H,4-11H2,1-3H3,(H,17,19). The lowest BCUT2D eigenvalue weighted by molar-refractivity contribution is -0.123. The molecule has 0 radical (unpaired) electrons. The van der Waals surface area contributed by atoms with Crippen LogP contribution in [0.3, 0.4) is 0 Å². The Labute approximate surface area is 118 Å². The SMILES string of the molecule is CC1CCC(C(C)C)N(CC(=O)NCC2CC2)CC1. The molecule has 1 saturated heterocycles. The maximum Gasteiger partial charge on any atom is 0.234 e. The van der Waals surface area contributed by atoms with E-state index < -0.39 is 0 Å². The minimum Gasteiger partial charge on any atom is -0.355 e. The zero-order valence-electron chi connectivity index (χ0n) is 12.8. The highest BCUT2D eigenvalue weighted by atomic mass is 16.2. The van der Waals surface area contributed by atoms with Crippen molar-refractivity contribution in [1.29, 1.82) is 0 Å². The molecule has 0 bridgehead atoms. The monoisotopic (exact) mass is 266 g/mol. The number of amides is 1. The molecule has 0 aromatic rings. The maximum atomic E-state index is 12.1. The molecule has 2 rings (SSSR count). The molecule has 2 atom stereocenters. The quantitative estimate of drug-likeness (QED) is 0.829. The summed E-state index contributed by atoms with van der Waals surface area (Å²) in [6.07, 6.45) is 6.39. The van der Waals surface area contributed by atoms with Gasteiger partial charge in [0, 0.05) is 12.6 Å². The second kappa shape index (κ2) is 6.74. The molecule has 3 heteroatoms. The fourth-order valence-corrected chi connectivity index (χ4v) is 3.11. The van der Waals surface area contributed by atoms with Crippen molar-refractivity contribution in [2.24, 2.45) is 17.8 Å². The van der Waals surface area contributed by atoms with Crippen LogP contribution in [0.15, 0.2) is 0 Å². The van der Waals surface area contributed by atoms with Crippen molar-refractivity contribution < 1.29 is 4.79 Å². The van der Waals surface area contributed by atoms with E-state index in [0.29, 0.717) is 18.5 Å². The molecule has 2 fully saturated rings. The van der Waals surface area contributed by atoms with Crippen molar-refractivity contribution in [2.45, 2.75) is 58.9 Å². The van der Waals surface area contributed by atoms with E-state index in [0.717, 1.165) is 24.9 Å². The van der Waals surface area contributed by atoms with Gasteiger partial charge in [-0.05, 0) is 56.4 Å². The van der Waals surface area contributed by atoms with Gasteiger partial charge in [-0.15, -0.1) is 0 Å². The van der Waals surface area contributed by atoms with E-state index >= 15 is 0 Å². The first-order chi connectivity index (χ1) is 9.06. The zero-order valence-corrected chi connectivity index (χ0v) is 12.8. The fourth-order valence-electron chi connectivity index (χ4n) is 3.11. The van der Waals surface area contributed by atoms with Gasteiger partial charge in [-0.3, -0.25) is 9.69 Å². The average Bonchev–Trinajstić information content (AvgIpc) is 3.16. The number of rotatable bonds is 5. The molecule has 3 nitrogen and oxygen atoms in total. The van der Waals surface area contributed by atoms with E-state index in [2.05, 4.69) is 31.0 Å². The van der Waals surface area contributed by atoms with Gasteiger partial charge in [-0.1, -0.05) is 20.8 Å². The average molecular weight is 266 g/mol. The molecule has 1 N–H and O–H groups in total.